The predicted molar refractivity (Wildman–Crippen MR) is 82.6 cm³/mol. The minimum Gasteiger partial charge on any atom is -0.458 e. The van der Waals surface area contributed by atoms with Crippen LogP contribution in [-0.4, -0.2) is 43.4 Å². The van der Waals surface area contributed by atoms with Gasteiger partial charge in [0, 0.05) is 12.5 Å². The Hall–Kier alpha value is -0.850. The maximum absolute atomic E-state index is 12.0. The number of hydrogen-bond acceptors (Lipinski definition) is 6. The highest BCUT2D eigenvalue weighted by Gasteiger charge is 2.38. The van der Waals surface area contributed by atoms with E-state index in [1.165, 1.54) is 0 Å². The summed E-state index contributed by atoms with van der Waals surface area (Å²) in [6.07, 6.45) is 2.46. The van der Waals surface area contributed by atoms with Crippen LogP contribution in [0.1, 0.15) is 39.5 Å². The second-order valence-electron chi connectivity index (χ2n) is 5.96. The van der Waals surface area contributed by atoms with Crippen molar-refractivity contribution in [3.8, 4) is 0 Å². The first-order valence-corrected chi connectivity index (χ1v) is 7.77. The number of nitrogens with two attached hydrogens (primary N) is 1. The van der Waals surface area contributed by atoms with E-state index < -0.39 is 24.2 Å². The van der Waals surface area contributed by atoms with Gasteiger partial charge < -0.3 is 19.9 Å². The molecule has 7 heteroatoms. The average molecular weight is 336 g/mol. The zero-order valence-electron chi connectivity index (χ0n) is 13.2. The fourth-order valence-electron chi connectivity index (χ4n) is 2.58. The number of cyclic esters (lactones) is 1. The monoisotopic (exact) mass is 335 g/mol. The van der Waals surface area contributed by atoms with Gasteiger partial charge in [-0.05, 0) is 32.6 Å². The maximum Gasteiger partial charge on any atom is 0.325 e. The fraction of sp³-hybridized carbons (Fsp3) is 0.867. The first-order chi connectivity index (χ1) is 10.0. The molecule has 0 aromatic rings. The van der Waals surface area contributed by atoms with Crippen LogP contribution < -0.4 is 5.73 Å². The number of rotatable bonds is 3. The van der Waals surface area contributed by atoms with Crippen LogP contribution in [-0.2, 0) is 23.8 Å². The van der Waals surface area contributed by atoms with Gasteiger partial charge in [0.15, 0.2) is 0 Å². The summed E-state index contributed by atoms with van der Waals surface area (Å²) in [6, 6.07) is -0.787. The van der Waals surface area contributed by atoms with E-state index >= 15 is 0 Å². The second-order valence-corrected chi connectivity index (χ2v) is 5.96. The summed E-state index contributed by atoms with van der Waals surface area (Å²) in [7, 11) is 0. The molecule has 1 aliphatic carbocycles. The van der Waals surface area contributed by atoms with E-state index in [2.05, 4.69) is 0 Å². The fourth-order valence-corrected chi connectivity index (χ4v) is 2.58. The molecule has 0 radical (unpaired) electrons. The molecule has 1 heterocycles. The van der Waals surface area contributed by atoms with Crippen molar-refractivity contribution >= 4 is 24.3 Å². The zero-order chi connectivity index (χ0) is 15.4. The zero-order valence-corrected chi connectivity index (χ0v) is 14.0. The Balaban J connectivity index is 0.00000242. The molecule has 128 valence electrons. The van der Waals surface area contributed by atoms with Crippen molar-refractivity contribution in [3.05, 3.63) is 0 Å². The van der Waals surface area contributed by atoms with Gasteiger partial charge in [-0.3, -0.25) is 9.59 Å². The lowest BCUT2D eigenvalue weighted by atomic mass is 9.92. The molecule has 0 amide bonds. The van der Waals surface area contributed by atoms with E-state index in [4.69, 9.17) is 19.9 Å². The van der Waals surface area contributed by atoms with Crippen molar-refractivity contribution in [1.29, 1.82) is 0 Å². The molecule has 1 aliphatic heterocycles. The number of esters is 2. The van der Waals surface area contributed by atoms with Crippen LogP contribution in [0, 0.1) is 11.8 Å². The Labute approximate surface area is 137 Å². The van der Waals surface area contributed by atoms with Crippen LogP contribution in [0.15, 0.2) is 0 Å². The summed E-state index contributed by atoms with van der Waals surface area (Å²) in [4.78, 5) is 23.8. The van der Waals surface area contributed by atoms with Gasteiger partial charge >= 0.3 is 11.9 Å². The molecule has 2 N–H and O–H groups in total. The predicted octanol–water partition coefficient (Wildman–Crippen LogP) is 1.44. The van der Waals surface area contributed by atoms with Crippen molar-refractivity contribution < 1.29 is 23.8 Å². The van der Waals surface area contributed by atoms with E-state index in [1.807, 2.05) is 6.92 Å². The first kappa shape index (κ1) is 19.2. The molecule has 1 saturated carbocycles. The second kappa shape index (κ2) is 8.70. The van der Waals surface area contributed by atoms with Crippen molar-refractivity contribution in [2.45, 2.75) is 57.8 Å². The maximum atomic E-state index is 12.0. The largest absolute Gasteiger partial charge is 0.458 e. The molecule has 0 unspecified atom stereocenters. The molecule has 0 aromatic carbocycles. The van der Waals surface area contributed by atoms with Gasteiger partial charge in [-0.2, -0.15) is 0 Å². The van der Waals surface area contributed by atoms with E-state index in [-0.39, 0.29) is 36.8 Å². The Bertz CT molecular complexity index is 388. The van der Waals surface area contributed by atoms with E-state index in [1.54, 1.807) is 6.92 Å². The molecule has 2 aliphatic rings. The molecule has 6 nitrogen and oxygen atoms in total. The molecule has 0 spiro atoms. The SMILES string of the molecule is CC[C@H]1CCOC[C@H](N)C(=O)O[C@@H](C)[C@@H]1OC(=O)C1CC1.Cl. The Kier molecular flexibility index (Phi) is 7.59. The lowest BCUT2D eigenvalue weighted by Crippen LogP contribution is -2.45. The number of halogens is 1. The van der Waals surface area contributed by atoms with Gasteiger partial charge in [0.1, 0.15) is 18.2 Å². The summed E-state index contributed by atoms with van der Waals surface area (Å²) in [5.74, 6) is -0.542. The molecular weight excluding hydrogens is 310 g/mol. The van der Waals surface area contributed by atoms with Gasteiger partial charge in [0.25, 0.3) is 0 Å². The molecule has 1 saturated heterocycles. The average Bonchev–Trinajstić information content (AvgIpc) is 3.28. The molecule has 2 fully saturated rings. The van der Waals surface area contributed by atoms with Gasteiger partial charge in [0.2, 0.25) is 0 Å². The smallest absolute Gasteiger partial charge is 0.325 e. The minimum absolute atomic E-state index is 0. The Morgan fingerprint density at radius 3 is 2.64 bits per heavy atom. The molecule has 0 bridgehead atoms. The Morgan fingerprint density at radius 1 is 1.36 bits per heavy atom. The first-order valence-electron chi connectivity index (χ1n) is 7.77. The normalized spacial score (nSPS) is 33.3. The third kappa shape index (κ3) is 5.11. The summed E-state index contributed by atoms with van der Waals surface area (Å²) < 4.78 is 16.4. The van der Waals surface area contributed by atoms with Crippen molar-refractivity contribution in [1.82, 2.24) is 0 Å². The van der Waals surface area contributed by atoms with Crippen molar-refractivity contribution in [2.75, 3.05) is 13.2 Å². The Morgan fingerprint density at radius 2 is 2.05 bits per heavy atom. The van der Waals surface area contributed by atoms with Crippen LogP contribution in [0.2, 0.25) is 0 Å². The highest BCUT2D eigenvalue weighted by atomic mass is 35.5. The van der Waals surface area contributed by atoms with Crippen LogP contribution >= 0.6 is 12.4 Å². The lowest BCUT2D eigenvalue weighted by molar-refractivity contribution is -0.176. The quantitative estimate of drug-likeness (QED) is 0.785. The summed E-state index contributed by atoms with van der Waals surface area (Å²) in [5, 5.41) is 0. The van der Waals surface area contributed by atoms with Crippen LogP contribution in [0.3, 0.4) is 0 Å². The van der Waals surface area contributed by atoms with Gasteiger partial charge in [0.05, 0.1) is 12.5 Å². The summed E-state index contributed by atoms with van der Waals surface area (Å²) in [5.41, 5.74) is 5.70. The van der Waals surface area contributed by atoms with E-state index in [9.17, 15) is 9.59 Å². The molecular formula is C15H26ClNO5. The van der Waals surface area contributed by atoms with Crippen LogP contribution in [0.4, 0.5) is 0 Å². The third-order valence-electron chi connectivity index (χ3n) is 4.15. The summed E-state index contributed by atoms with van der Waals surface area (Å²) in [6.45, 7) is 4.47. The molecule has 2 rings (SSSR count). The summed E-state index contributed by atoms with van der Waals surface area (Å²) >= 11 is 0. The van der Waals surface area contributed by atoms with Crippen molar-refractivity contribution in [2.24, 2.45) is 17.6 Å². The number of carbonyl (C=O) groups excluding carboxylic acids is 2. The standard InChI is InChI=1S/C15H25NO5.ClH/c1-3-10-6-7-19-8-12(16)15(18)20-9(2)13(10)21-14(17)11-4-5-11;/h9-13H,3-8,16H2,1-2H3;1H/t9-,10-,12-,13-;/m0./s1. The van der Waals surface area contributed by atoms with Gasteiger partial charge in [-0.15, -0.1) is 12.4 Å². The molecule has 4 atom stereocenters. The number of carbonyl (C=O) groups is 2. The topological polar surface area (TPSA) is 87.8 Å². The number of hydrogen-bond donors (Lipinski definition) is 1. The van der Waals surface area contributed by atoms with Crippen molar-refractivity contribution in [3.63, 3.8) is 0 Å². The van der Waals surface area contributed by atoms with Crippen LogP contribution in [0.5, 0.6) is 0 Å². The minimum atomic E-state index is -0.787. The molecule has 22 heavy (non-hydrogen) atoms. The third-order valence-corrected chi connectivity index (χ3v) is 4.15. The van der Waals surface area contributed by atoms with E-state index in [0.717, 1.165) is 25.7 Å². The van der Waals surface area contributed by atoms with Crippen LogP contribution in [0.25, 0.3) is 0 Å². The van der Waals surface area contributed by atoms with Gasteiger partial charge in [-0.1, -0.05) is 6.92 Å². The number of ether oxygens (including phenoxy) is 3. The highest BCUT2D eigenvalue weighted by Crippen LogP contribution is 2.32. The molecule has 0 aromatic heterocycles. The van der Waals surface area contributed by atoms with Gasteiger partial charge in [-0.25, -0.2) is 0 Å². The highest BCUT2D eigenvalue weighted by molar-refractivity contribution is 5.85. The van der Waals surface area contributed by atoms with E-state index in [0.29, 0.717) is 6.61 Å². The lowest BCUT2D eigenvalue weighted by Gasteiger charge is -2.32.